The minimum Gasteiger partial charge on any atom is -0.306 e. The summed E-state index contributed by atoms with van der Waals surface area (Å²) in [5, 5.41) is 8.18. The highest BCUT2D eigenvalue weighted by Crippen LogP contribution is 2.16. The van der Waals surface area contributed by atoms with Gasteiger partial charge in [-0.3, -0.25) is 9.88 Å². The Bertz CT molecular complexity index is 733. The first-order valence-electron chi connectivity index (χ1n) is 6.30. The average molecular weight is 299 g/mol. The van der Waals surface area contributed by atoms with Crippen molar-refractivity contribution < 1.29 is 4.79 Å². The summed E-state index contributed by atoms with van der Waals surface area (Å²) in [7, 11) is 0. The SMILES string of the molecule is Cc1nccn1-c1ccc(NC(=O)Nc2cccs2)cn1. The first kappa shape index (κ1) is 13.3. The van der Waals surface area contributed by atoms with Gasteiger partial charge in [0.25, 0.3) is 0 Å². The molecule has 3 rings (SSSR count). The summed E-state index contributed by atoms with van der Waals surface area (Å²) in [6.45, 7) is 1.91. The molecule has 0 atom stereocenters. The molecule has 0 aliphatic heterocycles. The van der Waals surface area contributed by atoms with Crippen LogP contribution in [0.4, 0.5) is 15.5 Å². The number of nitrogens with zero attached hydrogens (tertiary/aromatic N) is 3. The molecule has 0 spiro atoms. The van der Waals surface area contributed by atoms with Gasteiger partial charge in [0, 0.05) is 12.4 Å². The van der Waals surface area contributed by atoms with Crippen LogP contribution in [0.3, 0.4) is 0 Å². The highest BCUT2D eigenvalue weighted by atomic mass is 32.1. The fourth-order valence-corrected chi connectivity index (χ4v) is 2.46. The lowest BCUT2D eigenvalue weighted by molar-refractivity contribution is 0.262. The van der Waals surface area contributed by atoms with Crippen molar-refractivity contribution >= 4 is 28.1 Å². The van der Waals surface area contributed by atoms with Gasteiger partial charge < -0.3 is 5.32 Å². The van der Waals surface area contributed by atoms with Crippen LogP contribution in [0.25, 0.3) is 5.82 Å². The Morgan fingerprint density at radius 3 is 2.76 bits per heavy atom. The van der Waals surface area contributed by atoms with Crippen molar-refractivity contribution in [1.29, 1.82) is 0 Å². The monoisotopic (exact) mass is 299 g/mol. The lowest BCUT2D eigenvalue weighted by atomic mass is 10.4. The van der Waals surface area contributed by atoms with Crippen LogP contribution in [0, 0.1) is 6.92 Å². The second-order valence-electron chi connectivity index (χ2n) is 4.31. The topological polar surface area (TPSA) is 71.8 Å². The van der Waals surface area contributed by atoms with Gasteiger partial charge in [-0.2, -0.15) is 0 Å². The quantitative estimate of drug-likeness (QED) is 0.779. The predicted molar refractivity (Wildman–Crippen MR) is 83.1 cm³/mol. The standard InChI is InChI=1S/C14H13N5OS/c1-10-15-6-7-19(10)12-5-4-11(9-16-12)17-14(20)18-13-3-2-8-21-13/h2-9H,1H3,(H2,17,18,20). The van der Waals surface area contributed by atoms with Crippen LogP contribution in [-0.4, -0.2) is 20.6 Å². The summed E-state index contributed by atoms with van der Waals surface area (Å²) >= 11 is 1.47. The summed E-state index contributed by atoms with van der Waals surface area (Å²) in [6, 6.07) is 7.06. The van der Waals surface area contributed by atoms with E-state index in [4.69, 9.17) is 0 Å². The molecule has 0 fully saturated rings. The van der Waals surface area contributed by atoms with Crippen molar-refractivity contribution in [3.63, 3.8) is 0 Å². The third-order valence-electron chi connectivity index (χ3n) is 2.84. The van der Waals surface area contributed by atoms with E-state index in [-0.39, 0.29) is 6.03 Å². The molecular formula is C14H13N5OS. The molecule has 0 aliphatic rings. The van der Waals surface area contributed by atoms with E-state index in [2.05, 4.69) is 20.6 Å². The maximum absolute atomic E-state index is 11.8. The van der Waals surface area contributed by atoms with E-state index in [9.17, 15) is 4.79 Å². The van der Waals surface area contributed by atoms with Gasteiger partial charge in [0.2, 0.25) is 0 Å². The van der Waals surface area contributed by atoms with Crippen molar-refractivity contribution in [2.45, 2.75) is 6.92 Å². The Kier molecular flexibility index (Phi) is 3.65. The number of pyridine rings is 1. The molecule has 0 aliphatic carbocycles. The maximum atomic E-state index is 11.8. The number of aryl methyl sites for hydroxylation is 1. The van der Waals surface area contributed by atoms with Crippen molar-refractivity contribution in [1.82, 2.24) is 14.5 Å². The molecule has 3 heterocycles. The van der Waals surface area contributed by atoms with Crippen LogP contribution >= 0.6 is 11.3 Å². The third-order valence-corrected chi connectivity index (χ3v) is 3.62. The third kappa shape index (κ3) is 3.09. The van der Waals surface area contributed by atoms with Crippen LogP contribution in [0.1, 0.15) is 5.82 Å². The van der Waals surface area contributed by atoms with Crippen molar-refractivity contribution in [2.75, 3.05) is 10.6 Å². The molecule has 0 bridgehead atoms. The summed E-state index contributed by atoms with van der Waals surface area (Å²) in [5.74, 6) is 1.62. The summed E-state index contributed by atoms with van der Waals surface area (Å²) < 4.78 is 1.87. The van der Waals surface area contributed by atoms with Crippen LogP contribution in [0.15, 0.2) is 48.2 Å². The van der Waals surface area contributed by atoms with Crippen molar-refractivity contribution in [3.8, 4) is 5.82 Å². The molecule has 7 heteroatoms. The number of hydrogen-bond acceptors (Lipinski definition) is 4. The lowest BCUT2D eigenvalue weighted by Crippen LogP contribution is -2.18. The molecule has 2 amide bonds. The van der Waals surface area contributed by atoms with E-state index in [0.717, 1.165) is 16.6 Å². The molecule has 0 saturated heterocycles. The minimum atomic E-state index is -0.286. The zero-order valence-electron chi connectivity index (χ0n) is 11.3. The number of thiophene rings is 1. The highest BCUT2D eigenvalue weighted by Gasteiger charge is 2.05. The van der Waals surface area contributed by atoms with Gasteiger partial charge >= 0.3 is 6.03 Å². The van der Waals surface area contributed by atoms with Gasteiger partial charge in [-0.15, -0.1) is 11.3 Å². The predicted octanol–water partition coefficient (Wildman–Crippen LogP) is 3.28. The molecule has 3 aromatic heterocycles. The second kappa shape index (κ2) is 5.76. The number of rotatable bonds is 3. The zero-order valence-corrected chi connectivity index (χ0v) is 12.1. The Morgan fingerprint density at radius 2 is 2.14 bits per heavy atom. The van der Waals surface area contributed by atoms with E-state index >= 15 is 0 Å². The zero-order chi connectivity index (χ0) is 14.7. The molecule has 0 radical (unpaired) electrons. The number of imidazole rings is 1. The molecule has 6 nitrogen and oxygen atoms in total. The Labute approximate surface area is 125 Å². The minimum absolute atomic E-state index is 0.286. The van der Waals surface area contributed by atoms with Crippen LogP contribution in [0.2, 0.25) is 0 Å². The molecule has 106 valence electrons. The highest BCUT2D eigenvalue weighted by molar-refractivity contribution is 7.14. The number of carbonyl (C=O) groups is 1. The van der Waals surface area contributed by atoms with Gasteiger partial charge in [0.1, 0.15) is 11.6 Å². The van der Waals surface area contributed by atoms with E-state index < -0.39 is 0 Å². The van der Waals surface area contributed by atoms with E-state index in [1.807, 2.05) is 41.3 Å². The first-order chi connectivity index (χ1) is 10.2. The largest absolute Gasteiger partial charge is 0.324 e. The fourth-order valence-electron chi connectivity index (χ4n) is 1.85. The molecule has 0 unspecified atom stereocenters. The Morgan fingerprint density at radius 1 is 1.24 bits per heavy atom. The van der Waals surface area contributed by atoms with Crippen LogP contribution < -0.4 is 10.6 Å². The molecule has 0 saturated carbocycles. The summed E-state index contributed by atoms with van der Waals surface area (Å²) in [4.78, 5) is 20.3. The number of urea groups is 1. The Balaban J connectivity index is 1.67. The lowest BCUT2D eigenvalue weighted by Gasteiger charge is -2.07. The number of hydrogen-bond donors (Lipinski definition) is 2. The maximum Gasteiger partial charge on any atom is 0.324 e. The molecule has 21 heavy (non-hydrogen) atoms. The van der Waals surface area contributed by atoms with Gasteiger partial charge in [-0.05, 0) is 36.6 Å². The van der Waals surface area contributed by atoms with E-state index in [1.54, 1.807) is 18.5 Å². The molecular weight excluding hydrogens is 286 g/mol. The number of amides is 2. The summed E-state index contributed by atoms with van der Waals surface area (Å²) in [5.41, 5.74) is 0.630. The average Bonchev–Trinajstić information content (AvgIpc) is 3.11. The smallest absolute Gasteiger partial charge is 0.306 e. The molecule has 3 aromatic rings. The van der Waals surface area contributed by atoms with Gasteiger partial charge in [-0.1, -0.05) is 0 Å². The van der Waals surface area contributed by atoms with Gasteiger partial charge in [0.05, 0.1) is 16.9 Å². The summed E-state index contributed by atoms with van der Waals surface area (Å²) in [6.07, 6.45) is 5.18. The van der Waals surface area contributed by atoms with E-state index in [0.29, 0.717) is 5.69 Å². The fraction of sp³-hybridized carbons (Fsp3) is 0.0714. The molecule has 0 aromatic carbocycles. The first-order valence-corrected chi connectivity index (χ1v) is 7.18. The van der Waals surface area contributed by atoms with Crippen LogP contribution in [-0.2, 0) is 0 Å². The number of carbonyl (C=O) groups excluding carboxylic acids is 1. The number of nitrogens with one attached hydrogen (secondary N) is 2. The normalized spacial score (nSPS) is 10.3. The Hall–Kier alpha value is -2.67. The van der Waals surface area contributed by atoms with Crippen molar-refractivity contribution in [3.05, 3.63) is 54.1 Å². The van der Waals surface area contributed by atoms with Crippen molar-refractivity contribution in [2.24, 2.45) is 0 Å². The van der Waals surface area contributed by atoms with Gasteiger partial charge in [-0.25, -0.2) is 14.8 Å². The number of aromatic nitrogens is 3. The van der Waals surface area contributed by atoms with Gasteiger partial charge in [0.15, 0.2) is 0 Å². The van der Waals surface area contributed by atoms with Crippen LogP contribution in [0.5, 0.6) is 0 Å². The molecule has 2 N–H and O–H groups in total. The number of anilines is 2. The van der Waals surface area contributed by atoms with E-state index in [1.165, 1.54) is 11.3 Å². The second-order valence-corrected chi connectivity index (χ2v) is 5.25.